The molecule has 3 heterocycles. The molecule has 31 heavy (non-hydrogen) atoms. The molecule has 0 atom stereocenters. The molecule has 0 bridgehead atoms. The van der Waals surface area contributed by atoms with Gasteiger partial charge in [0.15, 0.2) is 0 Å². The molecule has 8 heteroatoms. The number of nitrogens with zero attached hydrogens (tertiary/aromatic N) is 3. The van der Waals surface area contributed by atoms with Crippen LogP contribution in [0.1, 0.15) is 58.6 Å². The summed E-state index contributed by atoms with van der Waals surface area (Å²) in [6, 6.07) is 2.56. The number of aryl methyl sites for hydroxylation is 1. The number of hydrogen-bond donors (Lipinski definition) is 3. The minimum absolute atomic E-state index is 0.575. The molecule has 4 rings (SSSR count). The molecule has 1 fully saturated rings. The topological polar surface area (TPSA) is 92.6 Å². The Hall–Kier alpha value is -2.16. The van der Waals surface area contributed by atoms with E-state index < -0.39 is 0 Å². The van der Waals surface area contributed by atoms with E-state index in [0.29, 0.717) is 6.04 Å². The van der Waals surface area contributed by atoms with E-state index in [-0.39, 0.29) is 0 Å². The fourth-order valence-corrected chi connectivity index (χ4v) is 5.17. The second kappa shape index (κ2) is 10.9. The number of aromatic nitrogens is 3. The lowest BCUT2D eigenvalue weighted by molar-refractivity contribution is 0.395. The van der Waals surface area contributed by atoms with Gasteiger partial charge in [-0.2, -0.15) is 0 Å². The Kier molecular flexibility index (Phi) is 8.28. The standard InChI is InChI=1S/C19H22N6S2.C4H10/c1-3-11(8-20)14-7-13(15-9-25(2)10-22-15)16-17(21)19(26-18(16)23-14)27-24-12-5-4-6-12;1-3-4-2/h3,7-10,12,20,24H,4-6,21H2,1-2H3;3-4H2,1-2H3/b11-3+,20-8?;. The number of nitrogens with one attached hydrogen (secondary N) is 2. The number of rotatable bonds is 7. The third kappa shape index (κ3) is 5.37. The minimum Gasteiger partial charge on any atom is -0.397 e. The molecule has 1 saturated carbocycles. The Morgan fingerprint density at radius 2 is 2.13 bits per heavy atom. The van der Waals surface area contributed by atoms with Gasteiger partial charge >= 0.3 is 0 Å². The number of nitrogen functional groups attached to an aromatic ring is 1. The van der Waals surface area contributed by atoms with Gasteiger partial charge in [-0.3, -0.25) is 4.72 Å². The smallest absolute Gasteiger partial charge is 0.127 e. The summed E-state index contributed by atoms with van der Waals surface area (Å²) >= 11 is 3.21. The maximum absolute atomic E-state index is 7.68. The first kappa shape index (κ1) is 23.5. The van der Waals surface area contributed by atoms with Crippen LogP contribution in [0.4, 0.5) is 5.69 Å². The number of imidazole rings is 1. The van der Waals surface area contributed by atoms with Gasteiger partial charge < -0.3 is 15.7 Å². The summed E-state index contributed by atoms with van der Waals surface area (Å²) in [5, 5.41) is 8.63. The molecule has 0 aromatic carbocycles. The molecule has 0 unspecified atom stereocenters. The molecule has 0 aliphatic heterocycles. The summed E-state index contributed by atoms with van der Waals surface area (Å²) in [6.45, 7) is 6.28. The van der Waals surface area contributed by atoms with Crippen molar-refractivity contribution in [2.24, 2.45) is 7.05 Å². The Balaban J connectivity index is 0.000000628. The van der Waals surface area contributed by atoms with Gasteiger partial charge in [0.1, 0.15) is 9.04 Å². The van der Waals surface area contributed by atoms with E-state index in [9.17, 15) is 0 Å². The lowest BCUT2D eigenvalue weighted by Crippen LogP contribution is -2.29. The molecule has 0 spiro atoms. The quantitative estimate of drug-likeness (QED) is 0.287. The van der Waals surface area contributed by atoms with Gasteiger partial charge in [-0.25, -0.2) is 9.97 Å². The molecule has 0 amide bonds. The lowest BCUT2D eigenvalue weighted by atomic mass is 9.94. The zero-order valence-electron chi connectivity index (χ0n) is 18.7. The summed E-state index contributed by atoms with van der Waals surface area (Å²) in [7, 11) is 1.95. The average molecular weight is 457 g/mol. The molecule has 4 N–H and O–H groups in total. The largest absolute Gasteiger partial charge is 0.397 e. The van der Waals surface area contributed by atoms with Crippen molar-refractivity contribution < 1.29 is 0 Å². The molecule has 0 radical (unpaired) electrons. The molecular formula is C23H32N6S2. The van der Waals surface area contributed by atoms with Gasteiger partial charge in [-0.1, -0.05) is 39.2 Å². The molecule has 1 aliphatic carbocycles. The van der Waals surface area contributed by atoms with Crippen molar-refractivity contribution in [1.29, 1.82) is 5.41 Å². The lowest BCUT2D eigenvalue weighted by Gasteiger charge is -2.25. The van der Waals surface area contributed by atoms with Crippen LogP contribution in [-0.2, 0) is 7.05 Å². The number of fused-ring (bicyclic) bond motifs is 1. The first-order chi connectivity index (χ1) is 15.0. The highest BCUT2D eigenvalue weighted by atomic mass is 32.2. The highest BCUT2D eigenvalue weighted by molar-refractivity contribution is 7.99. The number of hydrogen-bond acceptors (Lipinski definition) is 7. The summed E-state index contributed by atoms with van der Waals surface area (Å²) in [5.74, 6) is 0. The Morgan fingerprint density at radius 1 is 1.39 bits per heavy atom. The highest BCUT2D eigenvalue weighted by Crippen LogP contribution is 2.44. The van der Waals surface area contributed by atoms with Crippen LogP contribution in [0, 0.1) is 5.41 Å². The third-order valence-electron chi connectivity index (χ3n) is 5.33. The van der Waals surface area contributed by atoms with Gasteiger partial charge in [0, 0.05) is 42.0 Å². The Labute approximate surface area is 193 Å². The molecule has 3 aromatic rings. The van der Waals surface area contributed by atoms with E-state index in [1.165, 1.54) is 38.3 Å². The summed E-state index contributed by atoms with van der Waals surface area (Å²) in [5.41, 5.74) is 10.7. The second-order valence-corrected chi connectivity index (χ2v) is 9.80. The fourth-order valence-electron chi connectivity index (χ4n) is 3.05. The molecule has 1 aliphatic rings. The van der Waals surface area contributed by atoms with E-state index >= 15 is 0 Å². The van der Waals surface area contributed by atoms with Crippen LogP contribution in [0.15, 0.2) is 28.9 Å². The zero-order valence-corrected chi connectivity index (χ0v) is 20.4. The van der Waals surface area contributed by atoms with Crippen molar-refractivity contribution in [2.45, 2.75) is 63.1 Å². The van der Waals surface area contributed by atoms with E-state index in [1.54, 1.807) is 29.6 Å². The van der Waals surface area contributed by atoms with Crippen LogP contribution in [0.5, 0.6) is 0 Å². The van der Waals surface area contributed by atoms with Gasteiger partial charge in [-0.15, -0.1) is 11.3 Å². The predicted molar refractivity (Wildman–Crippen MR) is 136 cm³/mol. The van der Waals surface area contributed by atoms with Crippen LogP contribution < -0.4 is 10.5 Å². The maximum atomic E-state index is 7.68. The predicted octanol–water partition coefficient (Wildman–Crippen LogP) is 6.29. The van der Waals surface area contributed by atoms with E-state index in [0.717, 1.165) is 42.6 Å². The van der Waals surface area contributed by atoms with Crippen LogP contribution in [0.2, 0.25) is 0 Å². The van der Waals surface area contributed by atoms with E-state index in [2.05, 4.69) is 23.6 Å². The minimum atomic E-state index is 0.575. The van der Waals surface area contributed by atoms with Crippen LogP contribution in [0.3, 0.4) is 0 Å². The number of anilines is 1. The molecule has 6 nitrogen and oxygen atoms in total. The average Bonchev–Trinajstić information content (AvgIpc) is 3.31. The van der Waals surface area contributed by atoms with Gasteiger partial charge in [0.25, 0.3) is 0 Å². The summed E-state index contributed by atoms with van der Waals surface area (Å²) < 4.78 is 6.47. The number of pyridine rings is 1. The van der Waals surface area contributed by atoms with Gasteiger partial charge in [-0.05, 0) is 37.8 Å². The fraction of sp³-hybridized carbons (Fsp3) is 0.435. The number of nitrogens with two attached hydrogens (primary N) is 1. The monoisotopic (exact) mass is 456 g/mol. The highest BCUT2D eigenvalue weighted by Gasteiger charge is 2.22. The second-order valence-electron chi connectivity index (χ2n) is 7.70. The summed E-state index contributed by atoms with van der Waals surface area (Å²) in [4.78, 5) is 10.2. The van der Waals surface area contributed by atoms with Crippen LogP contribution in [0.25, 0.3) is 27.0 Å². The Morgan fingerprint density at radius 3 is 2.65 bits per heavy atom. The summed E-state index contributed by atoms with van der Waals surface area (Å²) in [6.07, 6.45) is 13.4. The molecule has 0 saturated heterocycles. The van der Waals surface area contributed by atoms with Crippen LogP contribution >= 0.6 is 23.3 Å². The van der Waals surface area contributed by atoms with Crippen molar-refractivity contribution in [1.82, 2.24) is 19.3 Å². The number of thiophene rings is 1. The SMILES string of the molecule is C/C=C(\C=N)c1cc(-c2cn(C)cn2)c2c(N)c(SNC3CCC3)sc2n1.CCCC. The van der Waals surface area contributed by atoms with Crippen molar-refractivity contribution in [3.05, 3.63) is 30.4 Å². The van der Waals surface area contributed by atoms with E-state index in [4.69, 9.17) is 16.1 Å². The van der Waals surface area contributed by atoms with Gasteiger partial charge in [0.2, 0.25) is 0 Å². The first-order valence-electron chi connectivity index (χ1n) is 10.8. The van der Waals surface area contributed by atoms with Crippen molar-refractivity contribution in [3.63, 3.8) is 0 Å². The molecule has 3 aromatic heterocycles. The normalized spacial score (nSPS) is 14.3. The van der Waals surface area contributed by atoms with Crippen molar-refractivity contribution >= 4 is 51.0 Å². The maximum Gasteiger partial charge on any atom is 0.127 e. The van der Waals surface area contributed by atoms with Gasteiger partial charge in [0.05, 0.1) is 23.4 Å². The number of unbranched alkanes of at least 4 members (excludes halogenated alkanes) is 1. The zero-order chi connectivity index (χ0) is 22.4. The molecule has 166 valence electrons. The van der Waals surface area contributed by atoms with Crippen molar-refractivity contribution in [3.8, 4) is 11.3 Å². The third-order valence-corrected chi connectivity index (χ3v) is 7.58. The van der Waals surface area contributed by atoms with Crippen molar-refractivity contribution in [2.75, 3.05) is 5.73 Å². The Bertz CT molecular complexity index is 1060. The first-order valence-corrected chi connectivity index (χ1v) is 12.5. The van der Waals surface area contributed by atoms with Crippen LogP contribution in [-0.4, -0.2) is 26.8 Å². The van der Waals surface area contributed by atoms with E-state index in [1.807, 2.05) is 36.9 Å². The number of allylic oxidation sites excluding steroid dienone is 2. The molecular weight excluding hydrogens is 424 g/mol.